The van der Waals surface area contributed by atoms with E-state index < -0.39 is 0 Å². The number of allylic oxidation sites excluding steroid dienone is 1. The molecular formula is C13H16ClNOS. The molecule has 1 heterocycles. The van der Waals surface area contributed by atoms with E-state index in [9.17, 15) is 4.79 Å². The van der Waals surface area contributed by atoms with E-state index in [1.165, 1.54) is 42.6 Å². The van der Waals surface area contributed by atoms with E-state index >= 15 is 0 Å². The number of carbonyl (C=O) groups is 1. The molecule has 0 spiro atoms. The molecule has 0 fully saturated rings. The van der Waals surface area contributed by atoms with Crippen molar-refractivity contribution in [3.05, 3.63) is 33.0 Å². The highest BCUT2D eigenvalue weighted by atomic mass is 35.5. The number of halogens is 1. The Morgan fingerprint density at radius 3 is 2.94 bits per heavy atom. The topological polar surface area (TPSA) is 29.1 Å². The predicted octanol–water partition coefficient (Wildman–Crippen LogP) is 4.02. The predicted molar refractivity (Wildman–Crippen MR) is 72.8 cm³/mol. The fourth-order valence-electron chi connectivity index (χ4n) is 1.99. The van der Waals surface area contributed by atoms with Gasteiger partial charge in [0.25, 0.3) is 5.91 Å². The zero-order valence-electron chi connectivity index (χ0n) is 9.67. The Bertz CT molecular complexity index is 425. The molecule has 92 valence electrons. The summed E-state index contributed by atoms with van der Waals surface area (Å²) < 4.78 is 0.658. The van der Waals surface area contributed by atoms with Gasteiger partial charge >= 0.3 is 0 Å². The number of thiophene rings is 1. The number of nitrogens with one attached hydrogen (secondary N) is 1. The van der Waals surface area contributed by atoms with Crippen LogP contribution in [0.2, 0.25) is 4.34 Å². The van der Waals surface area contributed by atoms with Crippen LogP contribution in [0.5, 0.6) is 0 Å². The summed E-state index contributed by atoms with van der Waals surface area (Å²) in [5, 5.41) is 2.93. The summed E-state index contributed by atoms with van der Waals surface area (Å²) in [6.07, 6.45) is 8.29. The average Bonchev–Trinajstić information content (AvgIpc) is 2.77. The van der Waals surface area contributed by atoms with Crippen LogP contribution < -0.4 is 5.32 Å². The van der Waals surface area contributed by atoms with Crippen molar-refractivity contribution in [1.29, 1.82) is 0 Å². The number of rotatable bonds is 4. The van der Waals surface area contributed by atoms with Crippen LogP contribution in [0.15, 0.2) is 23.8 Å². The molecular weight excluding hydrogens is 254 g/mol. The lowest BCUT2D eigenvalue weighted by Crippen LogP contribution is -2.23. The van der Waals surface area contributed by atoms with E-state index in [0.29, 0.717) is 9.21 Å². The first-order valence-electron chi connectivity index (χ1n) is 5.97. The minimum absolute atomic E-state index is 0.0155. The van der Waals surface area contributed by atoms with Crippen molar-refractivity contribution in [1.82, 2.24) is 5.32 Å². The Kier molecular flexibility index (Phi) is 4.63. The standard InChI is InChI=1S/C13H16ClNOS/c14-12-7-6-11(17-12)13(16)15-9-8-10-4-2-1-3-5-10/h4,6-7H,1-3,5,8-9H2,(H,15,16). The maximum atomic E-state index is 11.7. The van der Waals surface area contributed by atoms with E-state index in [4.69, 9.17) is 11.6 Å². The quantitative estimate of drug-likeness (QED) is 0.822. The minimum Gasteiger partial charge on any atom is -0.351 e. The Labute approximate surface area is 111 Å². The lowest BCUT2D eigenvalue weighted by Gasteiger charge is -2.12. The fraction of sp³-hybridized carbons (Fsp3) is 0.462. The number of amides is 1. The highest BCUT2D eigenvalue weighted by Gasteiger charge is 2.08. The van der Waals surface area contributed by atoms with Crippen LogP contribution in [0, 0.1) is 0 Å². The van der Waals surface area contributed by atoms with Gasteiger partial charge in [-0.25, -0.2) is 0 Å². The normalized spacial score (nSPS) is 15.5. The molecule has 1 amide bonds. The second-order valence-electron chi connectivity index (χ2n) is 4.22. The number of hydrogen-bond acceptors (Lipinski definition) is 2. The molecule has 4 heteroatoms. The van der Waals surface area contributed by atoms with Crippen molar-refractivity contribution < 1.29 is 4.79 Å². The SMILES string of the molecule is O=C(NCCC1=CCCCC1)c1ccc(Cl)s1. The first-order chi connectivity index (χ1) is 8.25. The molecule has 0 saturated carbocycles. The molecule has 0 radical (unpaired) electrons. The lowest BCUT2D eigenvalue weighted by molar-refractivity contribution is 0.0958. The highest BCUT2D eigenvalue weighted by Crippen LogP contribution is 2.22. The van der Waals surface area contributed by atoms with Crippen LogP contribution in [-0.4, -0.2) is 12.5 Å². The Balaban J connectivity index is 1.75. The van der Waals surface area contributed by atoms with Crippen molar-refractivity contribution in [2.24, 2.45) is 0 Å². The molecule has 0 atom stereocenters. The van der Waals surface area contributed by atoms with Gasteiger partial charge in [0.1, 0.15) is 0 Å². The Morgan fingerprint density at radius 1 is 1.41 bits per heavy atom. The highest BCUT2D eigenvalue weighted by molar-refractivity contribution is 7.17. The molecule has 0 aromatic carbocycles. The van der Waals surface area contributed by atoms with Crippen LogP contribution in [0.3, 0.4) is 0 Å². The van der Waals surface area contributed by atoms with Gasteiger partial charge in [-0.3, -0.25) is 4.79 Å². The third-order valence-corrected chi connectivity index (χ3v) is 4.14. The summed E-state index contributed by atoms with van der Waals surface area (Å²) >= 11 is 7.11. The largest absolute Gasteiger partial charge is 0.351 e. The first kappa shape index (κ1) is 12.7. The lowest BCUT2D eigenvalue weighted by atomic mass is 9.97. The molecule has 1 aliphatic carbocycles. The van der Waals surface area contributed by atoms with Crippen molar-refractivity contribution in [3.8, 4) is 0 Å². The van der Waals surface area contributed by atoms with Gasteiger partial charge in [-0.05, 0) is 44.2 Å². The molecule has 1 N–H and O–H groups in total. The molecule has 0 bridgehead atoms. The summed E-state index contributed by atoms with van der Waals surface area (Å²) in [6, 6.07) is 3.52. The second-order valence-corrected chi connectivity index (χ2v) is 5.93. The molecule has 17 heavy (non-hydrogen) atoms. The summed E-state index contributed by atoms with van der Waals surface area (Å²) in [5.41, 5.74) is 1.49. The average molecular weight is 270 g/mol. The summed E-state index contributed by atoms with van der Waals surface area (Å²) in [7, 11) is 0. The zero-order valence-corrected chi connectivity index (χ0v) is 11.2. The van der Waals surface area contributed by atoms with Gasteiger partial charge in [-0.15, -0.1) is 11.3 Å². The fourth-order valence-corrected chi connectivity index (χ4v) is 2.95. The molecule has 2 nitrogen and oxygen atoms in total. The minimum atomic E-state index is -0.0155. The molecule has 1 aromatic rings. The van der Waals surface area contributed by atoms with Gasteiger partial charge in [0.15, 0.2) is 0 Å². The van der Waals surface area contributed by atoms with E-state index in [-0.39, 0.29) is 5.91 Å². The third kappa shape index (κ3) is 3.86. The van der Waals surface area contributed by atoms with E-state index in [2.05, 4.69) is 11.4 Å². The van der Waals surface area contributed by atoms with E-state index in [1.807, 2.05) is 0 Å². The molecule has 1 aliphatic rings. The summed E-state index contributed by atoms with van der Waals surface area (Å²) in [6.45, 7) is 0.722. The van der Waals surface area contributed by atoms with Crippen LogP contribution in [0.4, 0.5) is 0 Å². The van der Waals surface area contributed by atoms with Gasteiger partial charge in [0.05, 0.1) is 9.21 Å². The van der Waals surface area contributed by atoms with E-state index in [1.54, 1.807) is 12.1 Å². The number of carbonyl (C=O) groups excluding carboxylic acids is 1. The van der Waals surface area contributed by atoms with Crippen LogP contribution >= 0.6 is 22.9 Å². The molecule has 0 aliphatic heterocycles. The third-order valence-electron chi connectivity index (χ3n) is 2.91. The first-order valence-corrected chi connectivity index (χ1v) is 7.16. The van der Waals surface area contributed by atoms with Gasteiger partial charge in [-0.1, -0.05) is 23.3 Å². The summed E-state index contributed by atoms with van der Waals surface area (Å²) in [5.74, 6) is -0.0155. The maximum Gasteiger partial charge on any atom is 0.261 e. The monoisotopic (exact) mass is 269 g/mol. The van der Waals surface area contributed by atoms with Crippen LogP contribution in [0.25, 0.3) is 0 Å². The van der Waals surface area contributed by atoms with Crippen LogP contribution in [0.1, 0.15) is 41.8 Å². The molecule has 0 unspecified atom stereocenters. The van der Waals surface area contributed by atoms with Gasteiger partial charge in [0, 0.05) is 6.54 Å². The van der Waals surface area contributed by atoms with Crippen molar-refractivity contribution >= 4 is 28.8 Å². The smallest absolute Gasteiger partial charge is 0.261 e. The van der Waals surface area contributed by atoms with Gasteiger partial charge in [-0.2, -0.15) is 0 Å². The zero-order chi connectivity index (χ0) is 12.1. The van der Waals surface area contributed by atoms with Crippen molar-refractivity contribution in [2.75, 3.05) is 6.54 Å². The molecule has 2 rings (SSSR count). The maximum absolute atomic E-state index is 11.7. The van der Waals surface area contributed by atoms with Gasteiger partial charge < -0.3 is 5.32 Å². The molecule has 0 saturated heterocycles. The van der Waals surface area contributed by atoms with Crippen LogP contribution in [-0.2, 0) is 0 Å². The summed E-state index contributed by atoms with van der Waals surface area (Å²) in [4.78, 5) is 12.4. The Morgan fingerprint density at radius 2 is 2.29 bits per heavy atom. The Hall–Kier alpha value is -0.800. The van der Waals surface area contributed by atoms with Crippen molar-refractivity contribution in [2.45, 2.75) is 32.1 Å². The van der Waals surface area contributed by atoms with Crippen molar-refractivity contribution in [3.63, 3.8) is 0 Å². The second kappa shape index (κ2) is 6.22. The van der Waals surface area contributed by atoms with Gasteiger partial charge in [0.2, 0.25) is 0 Å². The molecule has 1 aromatic heterocycles. The number of hydrogen-bond donors (Lipinski definition) is 1. The van der Waals surface area contributed by atoms with E-state index in [0.717, 1.165) is 13.0 Å².